The Balaban J connectivity index is 1.69. The van der Waals surface area contributed by atoms with Crippen molar-refractivity contribution in [3.8, 4) is 11.5 Å². The second-order valence-electron chi connectivity index (χ2n) is 7.05. The van der Waals surface area contributed by atoms with E-state index in [2.05, 4.69) is 10.3 Å². The van der Waals surface area contributed by atoms with Crippen LogP contribution in [0.5, 0.6) is 11.5 Å². The van der Waals surface area contributed by atoms with Gasteiger partial charge in [0, 0.05) is 24.8 Å². The molecule has 0 aliphatic carbocycles. The predicted octanol–water partition coefficient (Wildman–Crippen LogP) is 3.94. The first-order valence-electron chi connectivity index (χ1n) is 9.91. The summed E-state index contributed by atoms with van der Waals surface area (Å²) in [7, 11) is -3.82. The van der Waals surface area contributed by atoms with Crippen LogP contribution in [0.3, 0.4) is 0 Å². The Kier molecular flexibility index (Phi) is 6.89. The Hall–Kier alpha value is -3.05. The van der Waals surface area contributed by atoms with E-state index in [4.69, 9.17) is 21.1 Å². The number of nitrogens with one attached hydrogen (secondary N) is 1. The van der Waals surface area contributed by atoms with E-state index in [1.165, 1.54) is 65.1 Å². The van der Waals surface area contributed by atoms with Gasteiger partial charge in [-0.2, -0.15) is 4.31 Å². The smallest absolute Gasteiger partial charge is 0.255 e. The number of pyridine rings is 1. The predicted molar refractivity (Wildman–Crippen MR) is 120 cm³/mol. The Morgan fingerprint density at radius 3 is 2.52 bits per heavy atom. The summed E-state index contributed by atoms with van der Waals surface area (Å²) < 4.78 is 51.8. The lowest BCUT2D eigenvalue weighted by atomic mass is 10.2. The molecule has 3 aromatic rings. The number of carbonyl (C=O) groups excluding carboxylic acids is 1. The van der Waals surface area contributed by atoms with Crippen LogP contribution >= 0.6 is 11.6 Å². The van der Waals surface area contributed by atoms with Gasteiger partial charge in [0.2, 0.25) is 10.0 Å². The van der Waals surface area contributed by atoms with Crippen molar-refractivity contribution in [1.29, 1.82) is 0 Å². The van der Waals surface area contributed by atoms with Gasteiger partial charge in [0.25, 0.3) is 5.91 Å². The van der Waals surface area contributed by atoms with Gasteiger partial charge in [-0.3, -0.25) is 4.79 Å². The summed E-state index contributed by atoms with van der Waals surface area (Å²) in [6.45, 7) is 1.06. The number of rotatable bonds is 6. The summed E-state index contributed by atoms with van der Waals surface area (Å²) in [5, 5.41) is 2.80. The molecule has 8 nitrogen and oxygen atoms in total. The second kappa shape index (κ2) is 9.84. The minimum absolute atomic E-state index is 0.0149. The zero-order valence-electron chi connectivity index (χ0n) is 17.2. The number of anilines is 1. The van der Waals surface area contributed by atoms with E-state index >= 15 is 0 Å². The third kappa shape index (κ3) is 5.48. The van der Waals surface area contributed by atoms with Crippen LogP contribution in [0.15, 0.2) is 65.7 Å². The second-order valence-corrected chi connectivity index (χ2v) is 9.38. The normalized spacial score (nSPS) is 14.6. The number of benzene rings is 2. The summed E-state index contributed by atoms with van der Waals surface area (Å²) in [6, 6.07) is 12.3. The SMILES string of the molecule is O=C(Nc1cc(S(=O)(=O)N2CCOCC2)ccc1Oc1ccc(F)cc1)c1ccnc(Cl)c1. The highest BCUT2D eigenvalue weighted by molar-refractivity contribution is 7.89. The minimum atomic E-state index is -3.82. The fraction of sp³-hybridized carbons (Fsp3) is 0.182. The lowest BCUT2D eigenvalue weighted by Gasteiger charge is -2.26. The summed E-state index contributed by atoms with van der Waals surface area (Å²) in [5.74, 6) is -0.486. The number of sulfonamides is 1. The number of amides is 1. The molecule has 1 aromatic heterocycles. The minimum Gasteiger partial charge on any atom is -0.455 e. The number of ether oxygens (including phenoxy) is 2. The topological polar surface area (TPSA) is 97.8 Å². The fourth-order valence-corrected chi connectivity index (χ4v) is 4.77. The largest absolute Gasteiger partial charge is 0.455 e. The third-order valence-electron chi connectivity index (χ3n) is 4.84. The molecule has 33 heavy (non-hydrogen) atoms. The maximum Gasteiger partial charge on any atom is 0.255 e. The van der Waals surface area contributed by atoms with E-state index in [1.54, 1.807) is 0 Å². The van der Waals surface area contributed by atoms with Crippen molar-refractivity contribution >= 4 is 33.2 Å². The average molecular weight is 492 g/mol. The van der Waals surface area contributed by atoms with Crippen molar-refractivity contribution in [3.63, 3.8) is 0 Å². The van der Waals surface area contributed by atoms with Gasteiger partial charge in [-0.05, 0) is 54.6 Å². The van der Waals surface area contributed by atoms with Gasteiger partial charge in [-0.1, -0.05) is 11.6 Å². The molecule has 172 valence electrons. The Bertz CT molecular complexity index is 1270. The molecule has 2 heterocycles. The van der Waals surface area contributed by atoms with E-state index in [0.717, 1.165) is 0 Å². The number of nitrogens with zero attached hydrogens (tertiary/aromatic N) is 2. The van der Waals surface area contributed by atoms with E-state index in [-0.39, 0.29) is 40.1 Å². The van der Waals surface area contributed by atoms with Gasteiger partial charge in [0.05, 0.1) is 23.8 Å². The monoisotopic (exact) mass is 491 g/mol. The highest BCUT2D eigenvalue weighted by Gasteiger charge is 2.27. The molecule has 0 unspecified atom stereocenters. The van der Waals surface area contributed by atoms with Crippen LogP contribution in [0.1, 0.15) is 10.4 Å². The van der Waals surface area contributed by atoms with Gasteiger partial charge >= 0.3 is 0 Å². The number of hydrogen-bond acceptors (Lipinski definition) is 6. The van der Waals surface area contributed by atoms with Crippen molar-refractivity contribution < 1.29 is 27.1 Å². The number of carbonyl (C=O) groups is 1. The highest BCUT2D eigenvalue weighted by Crippen LogP contribution is 2.33. The van der Waals surface area contributed by atoms with Crippen molar-refractivity contribution in [3.05, 3.63) is 77.3 Å². The highest BCUT2D eigenvalue weighted by atomic mass is 35.5. The van der Waals surface area contributed by atoms with Gasteiger partial charge in [-0.15, -0.1) is 0 Å². The summed E-state index contributed by atoms with van der Waals surface area (Å²) in [5.41, 5.74) is 0.343. The molecular weight excluding hydrogens is 473 g/mol. The van der Waals surface area contributed by atoms with Crippen molar-refractivity contribution in [2.24, 2.45) is 0 Å². The molecule has 4 rings (SSSR count). The zero-order chi connectivity index (χ0) is 23.4. The van der Waals surface area contributed by atoms with E-state index in [9.17, 15) is 17.6 Å². The first-order valence-corrected chi connectivity index (χ1v) is 11.7. The molecule has 0 spiro atoms. The van der Waals surface area contributed by atoms with E-state index in [1.807, 2.05) is 0 Å². The van der Waals surface area contributed by atoms with Crippen LogP contribution in [0.4, 0.5) is 10.1 Å². The first-order chi connectivity index (χ1) is 15.8. The molecule has 1 aliphatic heterocycles. The molecule has 1 amide bonds. The molecular formula is C22H19ClFN3O5S. The number of hydrogen-bond donors (Lipinski definition) is 1. The van der Waals surface area contributed by atoms with Crippen molar-refractivity contribution in [2.75, 3.05) is 31.6 Å². The average Bonchev–Trinajstić information content (AvgIpc) is 2.82. The molecule has 1 fully saturated rings. The van der Waals surface area contributed by atoms with Gasteiger partial charge in [0.1, 0.15) is 16.7 Å². The molecule has 1 N–H and O–H groups in total. The molecule has 1 saturated heterocycles. The van der Waals surface area contributed by atoms with Gasteiger partial charge < -0.3 is 14.8 Å². The van der Waals surface area contributed by atoms with Crippen LogP contribution in [0.25, 0.3) is 0 Å². The lowest BCUT2D eigenvalue weighted by molar-refractivity contribution is 0.0730. The van der Waals surface area contributed by atoms with Gasteiger partial charge in [-0.25, -0.2) is 17.8 Å². The Morgan fingerprint density at radius 1 is 1.09 bits per heavy atom. The van der Waals surface area contributed by atoms with Crippen LogP contribution < -0.4 is 10.1 Å². The Labute approximate surface area is 195 Å². The maximum atomic E-state index is 13.2. The Morgan fingerprint density at radius 2 is 1.82 bits per heavy atom. The van der Waals surface area contributed by atoms with E-state index in [0.29, 0.717) is 19.0 Å². The van der Waals surface area contributed by atoms with Crippen LogP contribution in [0.2, 0.25) is 5.15 Å². The number of aromatic nitrogens is 1. The number of halogens is 2. The van der Waals surface area contributed by atoms with Crippen LogP contribution in [-0.4, -0.2) is 49.9 Å². The van der Waals surface area contributed by atoms with Crippen LogP contribution in [-0.2, 0) is 14.8 Å². The standard InChI is InChI=1S/C22H19ClFN3O5S/c23-21-13-15(7-8-25-21)22(28)26-19-14-18(33(29,30)27-9-11-31-12-10-27)5-6-20(19)32-17-3-1-16(24)2-4-17/h1-8,13-14H,9-12H2,(H,26,28). The van der Waals surface area contributed by atoms with Gasteiger partial charge in [0.15, 0.2) is 5.75 Å². The molecule has 0 saturated carbocycles. The van der Waals surface area contributed by atoms with E-state index < -0.39 is 21.7 Å². The fourth-order valence-electron chi connectivity index (χ4n) is 3.16. The molecule has 2 aromatic carbocycles. The van der Waals surface area contributed by atoms with Crippen LogP contribution in [0, 0.1) is 5.82 Å². The number of morpholine rings is 1. The van der Waals surface area contributed by atoms with Crippen molar-refractivity contribution in [1.82, 2.24) is 9.29 Å². The lowest BCUT2D eigenvalue weighted by Crippen LogP contribution is -2.40. The molecule has 1 aliphatic rings. The van der Waals surface area contributed by atoms with Crippen molar-refractivity contribution in [2.45, 2.75) is 4.90 Å². The first kappa shape index (κ1) is 23.1. The summed E-state index contributed by atoms with van der Waals surface area (Å²) >= 11 is 5.87. The molecule has 0 radical (unpaired) electrons. The molecule has 0 atom stereocenters. The maximum absolute atomic E-state index is 13.2. The zero-order valence-corrected chi connectivity index (χ0v) is 18.8. The molecule has 11 heteroatoms. The third-order valence-corrected chi connectivity index (χ3v) is 6.94. The summed E-state index contributed by atoms with van der Waals surface area (Å²) in [6.07, 6.45) is 1.38. The molecule has 0 bridgehead atoms. The summed E-state index contributed by atoms with van der Waals surface area (Å²) in [4.78, 5) is 16.6. The quantitative estimate of drug-likeness (QED) is 0.524.